The molecule has 1 aromatic carbocycles. The lowest BCUT2D eigenvalue weighted by atomic mass is 10.2. The van der Waals surface area contributed by atoms with E-state index in [9.17, 15) is 4.79 Å². The van der Waals surface area contributed by atoms with Crippen molar-refractivity contribution in [2.24, 2.45) is 0 Å². The van der Waals surface area contributed by atoms with Gasteiger partial charge in [-0.05, 0) is 25.0 Å². The van der Waals surface area contributed by atoms with Gasteiger partial charge >= 0.3 is 0 Å². The van der Waals surface area contributed by atoms with Gasteiger partial charge in [-0.25, -0.2) is 0 Å². The lowest BCUT2D eigenvalue weighted by Gasteiger charge is -2.19. The van der Waals surface area contributed by atoms with E-state index in [0.717, 1.165) is 25.1 Å². The number of hydrogen-bond donors (Lipinski definition) is 0. The number of rotatable bonds is 4. The van der Waals surface area contributed by atoms with Crippen molar-refractivity contribution in [3.8, 4) is 5.69 Å². The van der Waals surface area contributed by atoms with Gasteiger partial charge in [-0.2, -0.15) is 9.90 Å². The smallest absolute Gasteiger partial charge is 0.275 e. The molecule has 0 saturated carbocycles. The molecule has 110 valence electrons. The minimum Gasteiger partial charge on any atom is -0.376 e. The molecule has 3 rings (SSSR count). The lowest BCUT2D eigenvalue weighted by Crippen LogP contribution is -2.34. The van der Waals surface area contributed by atoms with E-state index < -0.39 is 0 Å². The number of carbonyl (C=O) groups is 1. The Balaban J connectivity index is 1.69. The minimum atomic E-state index is -0.132. The van der Waals surface area contributed by atoms with Crippen LogP contribution >= 0.6 is 0 Å². The van der Waals surface area contributed by atoms with Gasteiger partial charge in [0, 0.05) is 20.2 Å². The van der Waals surface area contributed by atoms with E-state index in [4.69, 9.17) is 4.74 Å². The summed E-state index contributed by atoms with van der Waals surface area (Å²) in [5, 5.41) is 8.40. The van der Waals surface area contributed by atoms with Gasteiger partial charge in [0.2, 0.25) is 0 Å². The highest BCUT2D eigenvalue weighted by Crippen LogP contribution is 2.14. The van der Waals surface area contributed by atoms with Crippen molar-refractivity contribution in [1.82, 2.24) is 19.9 Å². The second kappa shape index (κ2) is 6.05. The van der Waals surface area contributed by atoms with Crippen LogP contribution in [-0.2, 0) is 4.74 Å². The molecule has 1 aromatic heterocycles. The van der Waals surface area contributed by atoms with E-state index >= 15 is 0 Å². The standard InChI is InChI=1S/C15H18N4O2/c1-18(11-13-8-5-9-21-13)15(20)14-10-16-19(17-14)12-6-3-2-4-7-12/h2-4,6-7,10,13H,5,8-9,11H2,1H3. The number of carbonyl (C=O) groups excluding carboxylic acids is 1. The Bertz CT molecular complexity index is 605. The Morgan fingerprint density at radius 2 is 2.24 bits per heavy atom. The first-order valence-electron chi connectivity index (χ1n) is 7.09. The van der Waals surface area contributed by atoms with Gasteiger partial charge in [0.05, 0.1) is 18.0 Å². The van der Waals surface area contributed by atoms with Crippen molar-refractivity contribution in [1.29, 1.82) is 0 Å². The maximum absolute atomic E-state index is 12.3. The zero-order chi connectivity index (χ0) is 14.7. The molecular weight excluding hydrogens is 268 g/mol. The van der Waals surface area contributed by atoms with Crippen LogP contribution in [0.25, 0.3) is 5.69 Å². The number of benzene rings is 1. The molecule has 2 aromatic rings. The fourth-order valence-corrected chi connectivity index (χ4v) is 2.42. The molecule has 1 unspecified atom stereocenters. The molecule has 1 aliphatic rings. The molecule has 2 heterocycles. The van der Waals surface area contributed by atoms with E-state index in [1.54, 1.807) is 11.9 Å². The van der Waals surface area contributed by atoms with E-state index in [1.807, 2.05) is 30.3 Å². The Labute approximate surface area is 123 Å². The molecule has 1 aliphatic heterocycles. The summed E-state index contributed by atoms with van der Waals surface area (Å²) in [7, 11) is 1.77. The number of likely N-dealkylation sites (N-methyl/N-ethyl adjacent to an activating group) is 1. The molecular formula is C15H18N4O2. The average Bonchev–Trinajstić information content (AvgIpc) is 3.18. The molecule has 1 amide bonds. The third kappa shape index (κ3) is 3.11. The van der Waals surface area contributed by atoms with Crippen LogP contribution in [0.3, 0.4) is 0 Å². The number of ether oxygens (including phenoxy) is 1. The van der Waals surface area contributed by atoms with Crippen molar-refractivity contribution in [3.63, 3.8) is 0 Å². The Morgan fingerprint density at radius 1 is 1.43 bits per heavy atom. The summed E-state index contributed by atoms with van der Waals surface area (Å²) in [6, 6.07) is 9.52. The number of nitrogens with zero attached hydrogens (tertiary/aromatic N) is 4. The molecule has 21 heavy (non-hydrogen) atoms. The summed E-state index contributed by atoms with van der Waals surface area (Å²) >= 11 is 0. The largest absolute Gasteiger partial charge is 0.376 e. The Kier molecular flexibility index (Phi) is 3.96. The van der Waals surface area contributed by atoms with Crippen LogP contribution in [0.1, 0.15) is 23.3 Å². The van der Waals surface area contributed by atoms with E-state index in [-0.39, 0.29) is 12.0 Å². The third-order valence-electron chi connectivity index (χ3n) is 3.55. The fourth-order valence-electron chi connectivity index (χ4n) is 2.42. The summed E-state index contributed by atoms with van der Waals surface area (Å²) in [4.78, 5) is 15.4. The quantitative estimate of drug-likeness (QED) is 0.855. The van der Waals surface area contributed by atoms with Gasteiger partial charge in [-0.15, -0.1) is 5.10 Å². The first-order chi connectivity index (χ1) is 10.2. The number of hydrogen-bond acceptors (Lipinski definition) is 4. The first kappa shape index (κ1) is 13.8. The van der Waals surface area contributed by atoms with Crippen LogP contribution in [0, 0.1) is 0 Å². The Morgan fingerprint density at radius 3 is 2.95 bits per heavy atom. The van der Waals surface area contributed by atoms with Gasteiger partial charge in [0.25, 0.3) is 5.91 Å². The fraction of sp³-hybridized carbons (Fsp3) is 0.400. The molecule has 0 aliphatic carbocycles. The number of aromatic nitrogens is 3. The van der Waals surface area contributed by atoms with Crippen LogP contribution in [-0.4, -0.2) is 52.1 Å². The first-order valence-corrected chi connectivity index (χ1v) is 7.09. The summed E-state index contributed by atoms with van der Waals surface area (Å²) in [6.45, 7) is 1.38. The topological polar surface area (TPSA) is 60.2 Å². The zero-order valence-corrected chi connectivity index (χ0v) is 12.0. The van der Waals surface area contributed by atoms with Crippen molar-refractivity contribution in [2.75, 3.05) is 20.2 Å². The van der Waals surface area contributed by atoms with Gasteiger partial charge in [-0.1, -0.05) is 18.2 Å². The average molecular weight is 286 g/mol. The molecule has 0 N–H and O–H groups in total. The van der Waals surface area contributed by atoms with Crippen molar-refractivity contribution >= 4 is 5.91 Å². The maximum atomic E-state index is 12.3. The second-order valence-corrected chi connectivity index (χ2v) is 5.18. The number of amides is 1. The summed E-state index contributed by atoms with van der Waals surface area (Å²) < 4.78 is 5.55. The SMILES string of the molecule is CN(CC1CCCO1)C(=O)c1cnn(-c2ccccc2)n1. The molecule has 0 spiro atoms. The van der Waals surface area contributed by atoms with E-state index in [1.165, 1.54) is 11.0 Å². The summed E-state index contributed by atoms with van der Waals surface area (Å²) in [6.07, 6.45) is 3.72. The van der Waals surface area contributed by atoms with Crippen molar-refractivity contribution in [3.05, 3.63) is 42.2 Å². The van der Waals surface area contributed by atoms with E-state index in [2.05, 4.69) is 10.2 Å². The van der Waals surface area contributed by atoms with Gasteiger partial charge < -0.3 is 9.64 Å². The molecule has 0 bridgehead atoms. The Hall–Kier alpha value is -2.21. The molecule has 1 fully saturated rings. The molecule has 1 saturated heterocycles. The predicted molar refractivity (Wildman–Crippen MR) is 77.3 cm³/mol. The zero-order valence-electron chi connectivity index (χ0n) is 12.0. The van der Waals surface area contributed by atoms with Crippen LogP contribution in [0.5, 0.6) is 0 Å². The lowest BCUT2D eigenvalue weighted by molar-refractivity contribution is 0.0582. The highest BCUT2D eigenvalue weighted by Gasteiger charge is 2.22. The molecule has 0 radical (unpaired) electrons. The minimum absolute atomic E-state index is 0.132. The van der Waals surface area contributed by atoms with Crippen LogP contribution in [0.2, 0.25) is 0 Å². The predicted octanol–water partition coefficient (Wildman–Crippen LogP) is 1.52. The van der Waals surface area contributed by atoms with E-state index in [0.29, 0.717) is 12.2 Å². The third-order valence-corrected chi connectivity index (χ3v) is 3.55. The summed E-state index contributed by atoms with van der Waals surface area (Å²) in [5.74, 6) is -0.132. The van der Waals surface area contributed by atoms with Crippen LogP contribution < -0.4 is 0 Å². The van der Waals surface area contributed by atoms with Crippen LogP contribution in [0.4, 0.5) is 0 Å². The molecule has 1 atom stereocenters. The second-order valence-electron chi connectivity index (χ2n) is 5.18. The normalized spacial score (nSPS) is 17.9. The molecule has 6 heteroatoms. The van der Waals surface area contributed by atoms with Gasteiger partial charge in [0.15, 0.2) is 5.69 Å². The van der Waals surface area contributed by atoms with Gasteiger partial charge in [-0.3, -0.25) is 4.79 Å². The summed E-state index contributed by atoms with van der Waals surface area (Å²) in [5.41, 5.74) is 1.18. The monoisotopic (exact) mass is 286 g/mol. The van der Waals surface area contributed by atoms with Crippen LogP contribution in [0.15, 0.2) is 36.5 Å². The van der Waals surface area contributed by atoms with Gasteiger partial charge in [0.1, 0.15) is 0 Å². The van der Waals surface area contributed by atoms with Crippen molar-refractivity contribution in [2.45, 2.75) is 18.9 Å². The highest BCUT2D eigenvalue weighted by molar-refractivity contribution is 5.91. The highest BCUT2D eigenvalue weighted by atomic mass is 16.5. The number of para-hydroxylation sites is 1. The maximum Gasteiger partial charge on any atom is 0.275 e. The van der Waals surface area contributed by atoms with Crippen molar-refractivity contribution < 1.29 is 9.53 Å². The molecule has 6 nitrogen and oxygen atoms in total.